The lowest BCUT2D eigenvalue weighted by molar-refractivity contribution is 0.0539. The van der Waals surface area contributed by atoms with E-state index in [0.29, 0.717) is 30.0 Å². The van der Waals surface area contributed by atoms with Gasteiger partial charge in [0.1, 0.15) is 0 Å². The van der Waals surface area contributed by atoms with Crippen LogP contribution in [0, 0.1) is 0 Å². The quantitative estimate of drug-likeness (QED) is 0.702. The summed E-state index contributed by atoms with van der Waals surface area (Å²) in [5.41, 5.74) is 0.843. The fourth-order valence-corrected chi connectivity index (χ4v) is 4.61. The fraction of sp³-hybridized carbons (Fsp3) is 0.588. The minimum Gasteiger partial charge on any atom is -0.377 e. The molecule has 1 atom stereocenters. The smallest absolute Gasteiger partial charge is 0.188 e. The van der Waals surface area contributed by atoms with Gasteiger partial charge in [-0.25, -0.2) is 15.0 Å². The highest BCUT2D eigenvalue weighted by molar-refractivity contribution is 7.84. The molecule has 2 aromatic heterocycles. The first-order valence-corrected chi connectivity index (χ1v) is 10.9. The lowest BCUT2D eigenvalue weighted by atomic mass is 10.1. The summed E-state index contributed by atoms with van der Waals surface area (Å²) in [6, 6.07) is 1.78. The van der Waals surface area contributed by atoms with Crippen LogP contribution >= 0.6 is 11.3 Å². The number of hydrogen-bond donors (Lipinski definition) is 0. The normalized spacial score (nSPS) is 17.5. The summed E-state index contributed by atoms with van der Waals surface area (Å²) in [7, 11) is -0.944. The molecule has 0 radical (unpaired) electrons. The Hall–Kier alpha value is -1.18. The van der Waals surface area contributed by atoms with Crippen molar-refractivity contribution in [1.29, 1.82) is 0 Å². The van der Waals surface area contributed by atoms with Crippen molar-refractivity contribution in [3.63, 3.8) is 0 Å². The molecule has 2 aromatic rings. The van der Waals surface area contributed by atoms with Crippen molar-refractivity contribution in [2.75, 3.05) is 12.4 Å². The van der Waals surface area contributed by atoms with Crippen molar-refractivity contribution in [1.82, 2.24) is 15.0 Å². The van der Waals surface area contributed by atoms with E-state index in [4.69, 9.17) is 4.74 Å². The molecule has 7 heteroatoms. The van der Waals surface area contributed by atoms with Gasteiger partial charge < -0.3 is 4.74 Å². The number of hydrogen-bond acceptors (Lipinski definition) is 6. The van der Waals surface area contributed by atoms with Gasteiger partial charge in [-0.3, -0.25) is 4.21 Å². The fourth-order valence-electron chi connectivity index (χ4n) is 2.84. The van der Waals surface area contributed by atoms with Crippen LogP contribution in [0.5, 0.6) is 0 Å². The van der Waals surface area contributed by atoms with Crippen LogP contribution < -0.4 is 0 Å². The Balaban J connectivity index is 1.43. The zero-order chi connectivity index (χ0) is 16.6. The molecule has 1 aliphatic rings. The Morgan fingerprint density at radius 3 is 2.67 bits per heavy atom. The first-order valence-electron chi connectivity index (χ1n) is 8.49. The number of nitrogens with zero attached hydrogens (tertiary/aromatic N) is 3. The van der Waals surface area contributed by atoms with Gasteiger partial charge in [0.25, 0.3) is 0 Å². The van der Waals surface area contributed by atoms with Gasteiger partial charge in [0, 0.05) is 34.3 Å². The molecule has 2 heterocycles. The second-order valence-electron chi connectivity index (χ2n) is 5.99. The maximum absolute atomic E-state index is 12.2. The minimum absolute atomic E-state index is 0.366. The van der Waals surface area contributed by atoms with E-state index in [9.17, 15) is 4.21 Å². The second kappa shape index (κ2) is 9.34. The van der Waals surface area contributed by atoms with E-state index >= 15 is 0 Å². The van der Waals surface area contributed by atoms with E-state index < -0.39 is 10.8 Å². The molecule has 0 unspecified atom stereocenters. The molecule has 0 aromatic carbocycles. The zero-order valence-electron chi connectivity index (χ0n) is 13.7. The lowest BCUT2D eigenvalue weighted by Gasteiger charge is -2.14. The molecule has 0 bridgehead atoms. The van der Waals surface area contributed by atoms with Crippen molar-refractivity contribution in [2.45, 2.75) is 50.4 Å². The van der Waals surface area contributed by atoms with E-state index in [1.165, 1.54) is 37.0 Å². The lowest BCUT2D eigenvalue weighted by Crippen LogP contribution is -2.16. The number of aromatic nitrogens is 3. The molecule has 0 spiro atoms. The van der Waals surface area contributed by atoms with Gasteiger partial charge in [0.2, 0.25) is 0 Å². The Labute approximate surface area is 149 Å². The van der Waals surface area contributed by atoms with Crippen LogP contribution in [0.1, 0.15) is 44.2 Å². The third-order valence-electron chi connectivity index (χ3n) is 4.08. The molecule has 24 heavy (non-hydrogen) atoms. The average Bonchev–Trinajstić information content (AvgIpc) is 2.90. The number of rotatable bonds is 7. The Morgan fingerprint density at radius 1 is 1.17 bits per heavy atom. The first kappa shape index (κ1) is 17.6. The van der Waals surface area contributed by atoms with Gasteiger partial charge in [-0.1, -0.05) is 25.7 Å². The van der Waals surface area contributed by atoms with Crippen LogP contribution in [0.15, 0.2) is 23.8 Å². The maximum atomic E-state index is 12.2. The van der Waals surface area contributed by atoms with Crippen molar-refractivity contribution >= 4 is 22.1 Å². The van der Waals surface area contributed by atoms with Gasteiger partial charge in [0.05, 0.1) is 24.2 Å². The number of thiazole rings is 1. The second-order valence-corrected chi connectivity index (χ2v) is 8.42. The summed E-state index contributed by atoms with van der Waals surface area (Å²) >= 11 is 1.49. The van der Waals surface area contributed by atoms with Crippen molar-refractivity contribution < 1.29 is 8.95 Å². The van der Waals surface area contributed by atoms with Crippen LogP contribution in [0.3, 0.4) is 0 Å². The zero-order valence-corrected chi connectivity index (χ0v) is 15.4. The molecule has 0 saturated heterocycles. The van der Waals surface area contributed by atoms with Gasteiger partial charge in [0.15, 0.2) is 10.8 Å². The van der Waals surface area contributed by atoms with Gasteiger partial charge in [-0.2, -0.15) is 0 Å². The average molecular weight is 366 g/mol. The molecular weight excluding hydrogens is 342 g/mol. The third kappa shape index (κ3) is 5.43. The van der Waals surface area contributed by atoms with Crippen LogP contribution in [-0.4, -0.2) is 37.6 Å². The molecule has 3 rings (SSSR count). The van der Waals surface area contributed by atoms with E-state index in [0.717, 1.165) is 23.5 Å². The number of ether oxygens (including phenoxy) is 1. The molecular formula is C17H23N3O2S2. The molecule has 0 amide bonds. The highest BCUT2D eigenvalue weighted by Crippen LogP contribution is 2.21. The standard InChI is InChI=1S/C17H23N3O2S2/c21-24(11-10-22-15-6-3-1-2-4-7-15)13-14-12-23-17(20-14)16-18-8-5-9-19-16/h5,8-9,12,15H,1-4,6-7,10-11,13H2/t24-/m1/s1. The largest absolute Gasteiger partial charge is 0.377 e. The summed E-state index contributed by atoms with van der Waals surface area (Å²) in [5.74, 6) is 1.67. The van der Waals surface area contributed by atoms with Crippen molar-refractivity contribution in [3.8, 4) is 10.8 Å². The van der Waals surface area contributed by atoms with Crippen molar-refractivity contribution in [3.05, 3.63) is 29.5 Å². The predicted molar refractivity (Wildman–Crippen MR) is 97.3 cm³/mol. The highest BCUT2D eigenvalue weighted by atomic mass is 32.2. The van der Waals surface area contributed by atoms with Crippen LogP contribution in [0.2, 0.25) is 0 Å². The Morgan fingerprint density at radius 2 is 1.92 bits per heavy atom. The predicted octanol–water partition coefficient (Wildman–Crippen LogP) is 3.59. The third-order valence-corrected chi connectivity index (χ3v) is 6.21. The molecule has 1 aliphatic carbocycles. The Kier molecular flexibility index (Phi) is 6.86. The topological polar surface area (TPSA) is 65.0 Å². The van der Waals surface area contributed by atoms with Crippen molar-refractivity contribution in [2.24, 2.45) is 0 Å². The van der Waals surface area contributed by atoms with E-state index in [-0.39, 0.29) is 0 Å². The van der Waals surface area contributed by atoms with Gasteiger partial charge in [-0.05, 0) is 18.9 Å². The summed E-state index contributed by atoms with van der Waals surface area (Å²) in [4.78, 5) is 12.9. The molecule has 1 saturated carbocycles. The summed E-state index contributed by atoms with van der Waals surface area (Å²) in [6.45, 7) is 0.579. The molecule has 5 nitrogen and oxygen atoms in total. The van der Waals surface area contributed by atoms with Gasteiger partial charge in [-0.15, -0.1) is 11.3 Å². The molecule has 130 valence electrons. The summed E-state index contributed by atoms with van der Waals surface area (Å²) in [5, 5.41) is 2.72. The van der Waals surface area contributed by atoms with E-state index in [1.54, 1.807) is 18.5 Å². The van der Waals surface area contributed by atoms with Gasteiger partial charge >= 0.3 is 0 Å². The maximum Gasteiger partial charge on any atom is 0.188 e. The highest BCUT2D eigenvalue weighted by Gasteiger charge is 2.14. The Bertz CT molecular complexity index is 640. The monoisotopic (exact) mass is 365 g/mol. The molecule has 1 fully saturated rings. The SMILES string of the molecule is O=[S@](CCOC1CCCCCC1)Cc1csc(-c2ncccn2)n1. The summed E-state index contributed by atoms with van der Waals surface area (Å²) in [6.07, 6.45) is 11.2. The molecule has 0 N–H and O–H groups in total. The van der Waals surface area contributed by atoms with E-state index in [2.05, 4.69) is 15.0 Å². The summed E-state index contributed by atoms with van der Waals surface area (Å²) < 4.78 is 18.1. The minimum atomic E-state index is -0.944. The first-order chi connectivity index (χ1) is 11.8. The van der Waals surface area contributed by atoms with Crippen LogP contribution in [0.25, 0.3) is 10.8 Å². The molecule has 0 aliphatic heterocycles. The van der Waals surface area contributed by atoms with Crippen LogP contribution in [0.4, 0.5) is 0 Å². The van der Waals surface area contributed by atoms with Crippen LogP contribution in [-0.2, 0) is 21.3 Å². The van der Waals surface area contributed by atoms with E-state index in [1.807, 2.05) is 5.38 Å².